The SMILES string of the molecule is COC[C@H](O[Si](C)(C)C(C)(C)C)c1ccc(N)cn1. The number of anilines is 1. The third-order valence-electron chi connectivity index (χ3n) is 3.70. The molecule has 0 aliphatic carbocycles. The number of methoxy groups -OCH3 is 1. The fourth-order valence-corrected chi connectivity index (χ4v) is 2.72. The summed E-state index contributed by atoms with van der Waals surface area (Å²) >= 11 is 0. The molecular formula is C14H26N2O2Si. The molecule has 19 heavy (non-hydrogen) atoms. The van der Waals surface area contributed by atoms with Crippen molar-refractivity contribution in [2.75, 3.05) is 19.5 Å². The van der Waals surface area contributed by atoms with Gasteiger partial charge < -0.3 is 14.9 Å². The van der Waals surface area contributed by atoms with E-state index in [1.807, 2.05) is 12.1 Å². The highest BCUT2D eigenvalue weighted by molar-refractivity contribution is 6.74. The van der Waals surface area contributed by atoms with Crippen molar-refractivity contribution in [2.24, 2.45) is 0 Å². The van der Waals surface area contributed by atoms with Gasteiger partial charge in [0.2, 0.25) is 0 Å². The molecule has 1 aromatic heterocycles. The molecule has 0 aromatic carbocycles. The van der Waals surface area contributed by atoms with E-state index in [4.69, 9.17) is 14.9 Å². The molecule has 1 atom stereocenters. The third kappa shape index (κ3) is 4.30. The summed E-state index contributed by atoms with van der Waals surface area (Å²) in [4.78, 5) is 4.36. The van der Waals surface area contributed by atoms with Gasteiger partial charge in [-0.3, -0.25) is 4.98 Å². The van der Waals surface area contributed by atoms with Gasteiger partial charge in [0.25, 0.3) is 0 Å². The monoisotopic (exact) mass is 282 g/mol. The average Bonchev–Trinajstić information content (AvgIpc) is 2.27. The maximum absolute atomic E-state index is 6.38. The number of hydrogen-bond donors (Lipinski definition) is 1. The Labute approximate surface area is 117 Å². The van der Waals surface area contributed by atoms with Crippen LogP contribution in [-0.2, 0) is 9.16 Å². The van der Waals surface area contributed by atoms with Crippen LogP contribution in [-0.4, -0.2) is 27.0 Å². The molecule has 0 fully saturated rings. The van der Waals surface area contributed by atoms with Crippen LogP contribution in [0.3, 0.4) is 0 Å². The minimum Gasteiger partial charge on any atom is -0.406 e. The Balaban J connectivity index is 2.93. The van der Waals surface area contributed by atoms with Crippen LogP contribution in [0.2, 0.25) is 18.1 Å². The van der Waals surface area contributed by atoms with E-state index in [1.54, 1.807) is 13.3 Å². The van der Waals surface area contributed by atoms with Crippen molar-refractivity contribution >= 4 is 14.0 Å². The van der Waals surface area contributed by atoms with Crippen molar-refractivity contribution in [3.05, 3.63) is 24.0 Å². The number of aromatic nitrogens is 1. The van der Waals surface area contributed by atoms with E-state index in [-0.39, 0.29) is 11.1 Å². The molecule has 0 spiro atoms. The summed E-state index contributed by atoms with van der Waals surface area (Å²) in [5.74, 6) is 0. The Kier molecular flexibility index (Phi) is 5.12. The van der Waals surface area contributed by atoms with Crippen LogP contribution in [0.5, 0.6) is 0 Å². The summed E-state index contributed by atoms with van der Waals surface area (Å²) in [6.45, 7) is 11.6. The summed E-state index contributed by atoms with van der Waals surface area (Å²) in [6.07, 6.45) is 1.53. The highest BCUT2D eigenvalue weighted by Gasteiger charge is 2.39. The zero-order chi connectivity index (χ0) is 14.7. The van der Waals surface area contributed by atoms with Crippen molar-refractivity contribution < 1.29 is 9.16 Å². The highest BCUT2D eigenvalue weighted by Crippen LogP contribution is 2.39. The lowest BCUT2D eigenvalue weighted by Gasteiger charge is -2.39. The molecule has 4 nitrogen and oxygen atoms in total. The van der Waals surface area contributed by atoms with Gasteiger partial charge in [0.1, 0.15) is 6.10 Å². The van der Waals surface area contributed by atoms with Crippen molar-refractivity contribution in [3.63, 3.8) is 0 Å². The van der Waals surface area contributed by atoms with Gasteiger partial charge >= 0.3 is 0 Å². The molecule has 0 amide bonds. The van der Waals surface area contributed by atoms with Crippen molar-refractivity contribution in [1.82, 2.24) is 4.98 Å². The lowest BCUT2D eigenvalue weighted by atomic mass is 10.2. The third-order valence-corrected chi connectivity index (χ3v) is 8.19. The van der Waals surface area contributed by atoms with E-state index < -0.39 is 8.32 Å². The summed E-state index contributed by atoms with van der Waals surface area (Å²) in [7, 11) is -0.173. The molecule has 0 radical (unpaired) electrons. The first-order valence-corrected chi connectivity index (χ1v) is 9.46. The van der Waals surface area contributed by atoms with Gasteiger partial charge in [0.15, 0.2) is 8.32 Å². The summed E-state index contributed by atoms with van der Waals surface area (Å²) in [5.41, 5.74) is 7.21. The number of nitrogens with zero attached hydrogens (tertiary/aromatic N) is 1. The molecular weight excluding hydrogens is 256 g/mol. The smallest absolute Gasteiger partial charge is 0.193 e. The molecule has 0 aliphatic rings. The minimum atomic E-state index is -1.85. The van der Waals surface area contributed by atoms with Crippen molar-refractivity contribution in [1.29, 1.82) is 0 Å². The van der Waals surface area contributed by atoms with Crippen LogP contribution in [0.25, 0.3) is 0 Å². The zero-order valence-corrected chi connectivity index (χ0v) is 13.9. The lowest BCUT2D eigenvalue weighted by Crippen LogP contribution is -2.42. The van der Waals surface area contributed by atoms with Gasteiger partial charge in [-0.1, -0.05) is 20.8 Å². The first-order chi connectivity index (χ1) is 8.67. The quantitative estimate of drug-likeness (QED) is 0.841. The fraction of sp³-hybridized carbons (Fsp3) is 0.643. The van der Waals surface area contributed by atoms with Gasteiger partial charge in [-0.05, 0) is 30.3 Å². The van der Waals surface area contributed by atoms with Crippen LogP contribution in [0.15, 0.2) is 18.3 Å². The first-order valence-electron chi connectivity index (χ1n) is 6.55. The van der Waals surface area contributed by atoms with E-state index in [0.29, 0.717) is 12.3 Å². The number of nitrogens with two attached hydrogens (primary N) is 1. The van der Waals surface area contributed by atoms with E-state index >= 15 is 0 Å². The Morgan fingerprint density at radius 2 is 1.95 bits per heavy atom. The number of rotatable bonds is 5. The largest absolute Gasteiger partial charge is 0.406 e. The van der Waals surface area contributed by atoms with Crippen molar-refractivity contribution in [3.8, 4) is 0 Å². The van der Waals surface area contributed by atoms with Gasteiger partial charge in [-0.2, -0.15) is 0 Å². The number of ether oxygens (including phenoxy) is 1. The van der Waals surface area contributed by atoms with Gasteiger partial charge in [0, 0.05) is 7.11 Å². The Hall–Kier alpha value is -0.913. The van der Waals surface area contributed by atoms with Crippen LogP contribution < -0.4 is 5.73 Å². The molecule has 5 heteroatoms. The second-order valence-corrected chi connectivity index (χ2v) is 11.1. The predicted molar refractivity (Wildman–Crippen MR) is 81.5 cm³/mol. The molecule has 0 saturated carbocycles. The van der Waals surface area contributed by atoms with Gasteiger partial charge in [0.05, 0.1) is 24.2 Å². The first kappa shape index (κ1) is 16.1. The standard InChI is InChI=1S/C14H26N2O2Si/c1-14(2,3)19(5,6)18-13(10-17-4)12-8-7-11(15)9-16-12/h7-9,13H,10,15H2,1-6H3/t13-/m0/s1. The molecule has 0 aliphatic heterocycles. The molecule has 1 rings (SSSR count). The maximum Gasteiger partial charge on any atom is 0.193 e. The second kappa shape index (κ2) is 6.03. The molecule has 1 heterocycles. The van der Waals surface area contributed by atoms with Crippen LogP contribution in [0, 0.1) is 0 Å². The second-order valence-electron chi connectivity index (χ2n) is 6.34. The lowest BCUT2D eigenvalue weighted by molar-refractivity contribution is 0.0688. The molecule has 108 valence electrons. The molecule has 0 bridgehead atoms. The van der Waals surface area contributed by atoms with Crippen LogP contribution in [0.4, 0.5) is 5.69 Å². The highest BCUT2D eigenvalue weighted by atomic mass is 28.4. The maximum atomic E-state index is 6.38. The van der Waals surface area contributed by atoms with E-state index in [0.717, 1.165) is 5.69 Å². The number of nitrogen functional groups attached to an aromatic ring is 1. The Morgan fingerprint density at radius 3 is 2.37 bits per heavy atom. The normalized spacial score (nSPS) is 14.4. The van der Waals surface area contributed by atoms with Gasteiger partial charge in [-0.15, -0.1) is 0 Å². The average molecular weight is 282 g/mol. The predicted octanol–water partition coefficient (Wildman–Crippen LogP) is 3.37. The Morgan fingerprint density at radius 1 is 1.32 bits per heavy atom. The Bertz CT molecular complexity index is 399. The minimum absolute atomic E-state index is 0.133. The summed E-state index contributed by atoms with van der Waals surface area (Å²) < 4.78 is 11.7. The van der Waals surface area contributed by atoms with E-state index in [1.165, 1.54) is 0 Å². The van der Waals surface area contributed by atoms with Crippen molar-refractivity contribution in [2.45, 2.75) is 45.0 Å². The van der Waals surface area contributed by atoms with E-state index in [2.05, 4.69) is 38.8 Å². The van der Waals surface area contributed by atoms with Crippen LogP contribution in [0.1, 0.15) is 32.6 Å². The molecule has 0 saturated heterocycles. The van der Waals surface area contributed by atoms with Crippen LogP contribution >= 0.6 is 0 Å². The molecule has 0 unspecified atom stereocenters. The fourth-order valence-electron chi connectivity index (χ4n) is 1.47. The summed E-state index contributed by atoms with van der Waals surface area (Å²) in [6, 6.07) is 3.76. The van der Waals surface area contributed by atoms with E-state index in [9.17, 15) is 0 Å². The molecule has 2 N–H and O–H groups in total. The molecule has 1 aromatic rings. The number of hydrogen-bond acceptors (Lipinski definition) is 4. The van der Waals surface area contributed by atoms with Gasteiger partial charge in [-0.25, -0.2) is 0 Å². The zero-order valence-electron chi connectivity index (χ0n) is 12.9. The topological polar surface area (TPSA) is 57.4 Å². The summed E-state index contributed by atoms with van der Waals surface area (Å²) in [5, 5.41) is 0.160. The number of pyridine rings is 1.